The monoisotopic (exact) mass is 278 g/mol. The van der Waals surface area contributed by atoms with Crippen LogP contribution in [0.25, 0.3) is 0 Å². The van der Waals surface area contributed by atoms with Gasteiger partial charge in [-0.15, -0.1) is 11.8 Å². The molecule has 1 saturated heterocycles. The maximum absolute atomic E-state index is 12.1. The number of benzene rings is 1. The molecule has 3 nitrogen and oxygen atoms in total. The lowest BCUT2D eigenvalue weighted by Crippen LogP contribution is -2.45. The average Bonchev–Trinajstić information content (AvgIpc) is 2.40. The standard InChI is InChI=1S/C15H22N2OS/c1-11(2)19-14-7-5-12(6-8-14)15(18)17-13-4-3-9-16-10-13/h5-8,11,13,16H,3-4,9-10H2,1-2H3,(H,17,18)/t13-/m0/s1. The summed E-state index contributed by atoms with van der Waals surface area (Å²) >= 11 is 1.81. The Balaban J connectivity index is 1.91. The molecule has 1 aliphatic rings. The number of rotatable bonds is 4. The van der Waals surface area contributed by atoms with Crippen LogP contribution >= 0.6 is 11.8 Å². The summed E-state index contributed by atoms with van der Waals surface area (Å²) in [5.41, 5.74) is 0.749. The van der Waals surface area contributed by atoms with Crippen molar-refractivity contribution in [3.05, 3.63) is 29.8 Å². The lowest BCUT2D eigenvalue weighted by Gasteiger charge is -2.23. The minimum Gasteiger partial charge on any atom is -0.348 e. The molecule has 1 atom stereocenters. The number of amides is 1. The van der Waals surface area contributed by atoms with Gasteiger partial charge in [0, 0.05) is 28.3 Å². The molecule has 1 amide bonds. The topological polar surface area (TPSA) is 41.1 Å². The van der Waals surface area contributed by atoms with E-state index in [4.69, 9.17) is 0 Å². The summed E-state index contributed by atoms with van der Waals surface area (Å²) in [5.74, 6) is 0.0368. The summed E-state index contributed by atoms with van der Waals surface area (Å²) in [6.07, 6.45) is 2.20. The van der Waals surface area contributed by atoms with Crippen molar-refractivity contribution in [3.8, 4) is 0 Å². The van der Waals surface area contributed by atoms with Crippen LogP contribution in [0.1, 0.15) is 37.0 Å². The van der Waals surface area contributed by atoms with Crippen LogP contribution in [0.15, 0.2) is 29.2 Å². The molecule has 2 N–H and O–H groups in total. The summed E-state index contributed by atoms with van der Waals surface area (Å²) in [6, 6.07) is 8.15. The van der Waals surface area contributed by atoms with E-state index in [-0.39, 0.29) is 11.9 Å². The van der Waals surface area contributed by atoms with Crippen LogP contribution in [0.5, 0.6) is 0 Å². The Morgan fingerprint density at radius 1 is 1.37 bits per heavy atom. The molecule has 1 aromatic carbocycles. The van der Waals surface area contributed by atoms with Crippen molar-refractivity contribution in [2.24, 2.45) is 0 Å². The van der Waals surface area contributed by atoms with Gasteiger partial charge in [-0.25, -0.2) is 0 Å². The van der Waals surface area contributed by atoms with Crippen molar-refractivity contribution in [1.29, 1.82) is 0 Å². The molecule has 1 fully saturated rings. The van der Waals surface area contributed by atoms with E-state index in [1.807, 2.05) is 36.0 Å². The minimum absolute atomic E-state index is 0.0368. The second-order valence-corrected chi connectivity index (χ2v) is 6.86. The highest BCUT2D eigenvalue weighted by Gasteiger charge is 2.16. The van der Waals surface area contributed by atoms with Crippen LogP contribution in [-0.2, 0) is 0 Å². The van der Waals surface area contributed by atoms with E-state index < -0.39 is 0 Å². The van der Waals surface area contributed by atoms with Gasteiger partial charge in [-0.05, 0) is 43.7 Å². The van der Waals surface area contributed by atoms with Crippen LogP contribution in [-0.4, -0.2) is 30.3 Å². The van der Waals surface area contributed by atoms with Gasteiger partial charge in [-0.3, -0.25) is 4.79 Å². The van der Waals surface area contributed by atoms with Crippen molar-refractivity contribution < 1.29 is 4.79 Å². The first-order valence-electron chi connectivity index (χ1n) is 6.93. The first-order chi connectivity index (χ1) is 9.15. The van der Waals surface area contributed by atoms with Gasteiger partial charge >= 0.3 is 0 Å². The SMILES string of the molecule is CC(C)Sc1ccc(C(=O)N[C@H]2CCCNC2)cc1. The fourth-order valence-electron chi connectivity index (χ4n) is 2.20. The van der Waals surface area contributed by atoms with Gasteiger partial charge in [0.05, 0.1) is 0 Å². The van der Waals surface area contributed by atoms with Gasteiger partial charge in [-0.1, -0.05) is 13.8 Å². The second-order valence-electron chi connectivity index (χ2n) is 5.21. The molecule has 1 aromatic rings. The van der Waals surface area contributed by atoms with Gasteiger partial charge in [0.25, 0.3) is 5.91 Å². The smallest absolute Gasteiger partial charge is 0.251 e. The molecular formula is C15H22N2OS. The fourth-order valence-corrected chi connectivity index (χ4v) is 3.04. The molecule has 0 radical (unpaired) electrons. The Labute approximate surface area is 119 Å². The van der Waals surface area contributed by atoms with E-state index in [0.717, 1.165) is 31.5 Å². The summed E-state index contributed by atoms with van der Waals surface area (Å²) in [7, 11) is 0. The number of hydrogen-bond acceptors (Lipinski definition) is 3. The van der Waals surface area contributed by atoms with E-state index >= 15 is 0 Å². The van der Waals surface area contributed by atoms with Gasteiger partial charge in [-0.2, -0.15) is 0 Å². The molecule has 19 heavy (non-hydrogen) atoms. The normalized spacial score (nSPS) is 19.4. The molecule has 4 heteroatoms. The molecule has 1 heterocycles. The Hall–Kier alpha value is -1.00. The zero-order chi connectivity index (χ0) is 13.7. The highest BCUT2D eigenvalue weighted by atomic mass is 32.2. The van der Waals surface area contributed by atoms with Crippen molar-refractivity contribution in [3.63, 3.8) is 0 Å². The molecule has 2 rings (SSSR count). The molecular weight excluding hydrogens is 256 g/mol. The van der Waals surface area contributed by atoms with Gasteiger partial charge < -0.3 is 10.6 Å². The predicted octanol–water partition coefficient (Wildman–Crippen LogP) is 2.67. The van der Waals surface area contributed by atoms with Crippen molar-refractivity contribution in [2.45, 2.75) is 42.9 Å². The van der Waals surface area contributed by atoms with Gasteiger partial charge in [0.2, 0.25) is 0 Å². The van der Waals surface area contributed by atoms with E-state index in [0.29, 0.717) is 5.25 Å². The zero-order valence-electron chi connectivity index (χ0n) is 11.6. The van der Waals surface area contributed by atoms with E-state index in [1.165, 1.54) is 4.90 Å². The number of hydrogen-bond donors (Lipinski definition) is 2. The van der Waals surface area contributed by atoms with Crippen LogP contribution in [0, 0.1) is 0 Å². The minimum atomic E-state index is 0.0368. The van der Waals surface area contributed by atoms with Crippen molar-refractivity contribution in [2.75, 3.05) is 13.1 Å². The second kappa shape index (κ2) is 6.96. The van der Waals surface area contributed by atoms with Crippen LogP contribution < -0.4 is 10.6 Å². The Morgan fingerprint density at radius 2 is 2.11 bits per heavy atom. The molecule has 0 saturated carbocycles. The maximum atomic E-state index is 12.1. The average molecular weight is 278 g/mol. The molecule has 0 bridgehead atoms. The van der Waals surface area contributed by atoms with Gasteiger partial charge in [0.1, 0.15) is 0 Å². The molecule has 0 aliphatic carbocycles. The molecule has 104 valence electrons. The molecule has 0 spiro atoms. The quantitative estimate of drug-likeness (QED) is 0.832. The summed E-state index contributed by atoms with van der Waals surface area (Å²) in [5, 5.41) is 6.95. The third-order valence-corrected chi connectivity index (χ3v) is 4.14. The van der Waals surface area contributed by atoms with Crippen LogP contribution in [0.4, 0.5) is 0 Å². The Morgan fingerprint density at radius 3 is 2.68 bits per heavy atom. The third kappa shape index (κ3) is 4.55. The number of carbonyl (C=O) groups excluding carboxylic acids is 1. The Kier molecular flexibility index (Phi) is 5.28. The number of thioether (sulfide) groups is 1. The van der Waals surface area contributed by atoms with Gasteiger partial charge in [0.15, 0.2) is 0 Å². The molecule has 0 aromatic heterocycles. The lowest BCUT2D eigenvalue weighted by atomic mass is 10.1. The van der Waals surface area contributed by atoms with Crippen molar-refractivity contribution >= 4 is 17.7 Å². The van der Waals surface area contributed by atoms with Crippen LogP contribution in [0.2, 0.25) is 0 Å². The number of nitrogens with one attached hydrogen (secondary N) is 2. The Bertz CT molecular complexity index is 411. The summed E-state index contributed by atoms with van der Waals surface area (Å²) in [6.45, 7) is 6.28. The first-order valence-corrected chi connectivity index (χ1v) is 7.81. The lowest BCUT2D eigenvalue weighted by molar-refractivity contribution is 0.0930. The summed E-state index contributed by atoms with van der Waals surface area (Å²) < 4.78 is 0. The highest BCUT2D eigenvalue weighted by molar-refractivity contribution is 7.99. The highest BCUT2D eigenvalue weighted by Crippen LogP contribution is 2.22. The molecule has 1 aliphatic heterocycles. The largest absolute Gasteiger partial charge is 0.348 e. The maximum Gasteiger partial charge on any atom is 0.251 e. The number of carbonyl (C=O) groups is 1. The fraction of sp³-hybridized carbons (Fsp3) is 0.533. The number of piperidine rings is 1. The molecule has 0 unspecified atom stereocenters. The van der Waals surface area contributed by atoms with E-state index in [1.54, 1.807) is 0 Å². The van der Waals surface area contributed by atoms with Crippen molar-refractivity contribution in [1.82, 2.24) is 10.6 Å². The zero-order valence-corrected chi connectivity index (χ0v) is 12.4. The van der Waals surface area contributed by atoms with E-state index in [2.05, 4.69) is 24.5 Å². The van der Waals surface area contributed by atoms with E-state index in [9.17, 15) is 4.79 Å². The first kappa shape index (κ1) is 14.4. The summed E-state index contributed by atoms with van der Waals surface area (Å²) in [4.78, 5) is 13.3. The third-order valence-electron chi connectivity index (χ3n) is 3.12. The van der Waals surface area contributed by atoms with Crippen LogP contribution in [0.3, 0.4) is 0 Å². The predicted molar refractivity (Wildman–Crippen MR) is 80.8 cm³/mol.